The van der Waals surface area contributed by atoms with Crippen LogP contribution in [0.2, 0.25) is 0 Å². The van der Waals surface area contributed by atoms with E-state index < -0.39 is 0 Å². The van der Waals surface area contributed by atoms with E-state index in [1.165, 1.54) is 22.0 Å². The maximum atomic E-state index is 4.83. The Hall–Kier alpha value is -2.08. The van der Waals surface area contributed by atoms with Crippen molar-refractivity contribution in [1.29, 1.82) is 0 Å². The first-order valence-electron chi connectivity index (χ1n) is 10.0. The molecule has 27 heavy (non-hydrogen) atoms. The predicted molar refractivity (Wildman–Crippen MR) is 116 cm³/mol. The largest absolute Gasteiger partial charge is 0.371 e. The van der Waals surface area contributed by atoms with Gasteiger partial charge in [-0.15, -0.1) is 11.3 Å². The molecule has 0 amide bonds. The van der Waals surface area contributed by atoms with Gasteiger partial charge in [0.1, 0.15) is 0 Å². The molecule has 6 heteroatoms. The topological polar surface area (TPSA) is 52.6 Å². The summed E-state index contributed by atoms with van der Waals surface area (Å²) < 4.78 is 0. The lowest BCUT2D eigenvalue weighted by atomic mass is 10.1. The number of aromatic nitrogens is 1. The molecule has 1 aromatic carbocycles. The van der Waals surface area contributed by atoms with Crippen LogP contribution in [0.3, 0.4) is 0 Å². The maximum Gasteiger partial charge on any atom is 0.191 e. The summed E-state index contributed by atoms with van der Waals surface area (Å²) in [6.45, 7) is 9.11. The fraction of sp³-hybridized carbons (Fsp3) is 0.524. The van der Waals surface area contributed by atoms with E-state index in [4.69, 9.17) is 4.99 Å². The van der Waals surface area contributed by atoms with E-state index in [1.807, 2.05) is 17.5 Å². The molecule has 1 aliphatic rings. The molecule has 1 atom stereocenters. The minimum absolute atomic E-state index is 0.617. The lowest BCUT2D eigenvalue weighted by Gasteiger charge is -2.18. The Bertz CT molecular complexity index is 712. The highest BCUT2D eigenvalue weighted by Crippen LogP contribution is 2.23. The molecule has 146 valence electrons. The van der Waals surface area contributed by atoms with Crippen molar-refractivity contribution in [3.63, 3.8) is 0 Å². The van der Waals surface area contributed by atoms with Crippen LogP contribution in [0, 0.1) is 5.92 Å². The number of anilines is 1. The van der Waals surface area contributed by atoms with Crippen molar-refractivity contribution in [2.24, 2.45) is 10.9 Å². The zero-order chi connectivity index (χ0) is 18.9. The zero-order valence-corrected chi connectivity index (χ0v) is 17.3. The van der Waals surface area contributed by atoms with Gasteiger partial charge < -0.3 is 15.5 Å². The molecule has 0 bridgehead atoms. The lowest BCUT2D eigenvalue weighted by molar-refractivity contribution is 0.599. The van der Waals surface area contributed by atoms with Crippen molar-refractivity contribution < 1.29 is 0 Å². The Kier molecular flexibility index (Phi) is 7.51. The molecular weight excluding hydrogens is 354 g/mol. The summed E-state index contributed by atoms with van der Waals surface area (Å²) in [5.41, 5.74) is 1.32. The number of aryl methyl sites for hydroxylation is 1. The summed E-state index contributed by atoms with van der Waals surface area (Å²) in [4.78, 5) is 13.1. The van der Waals surface area contributed by atoms with Crippen LogP contribution in [0.15, 0.2) is 41.5 Å². The van der Waals surface area contributed by atoms with Gasteiger partial charge in [0.15, 0.2) is 5.96 Å². The second-order valence-electron chi connectivity index (χ2n) is 6.91. The minimum Gasteiger partial charge on any atom is -0.371 e. The minimum atomic E-state index is 0.617. The first-order chi connectivity index (χ1) is 13.3. The van der Waals surface area contributed by atoms with Crippen LogP contribution in [0.1, 0.15) is 30.2 Å². The summed E-state index contributed by atoms with van der Waals surface area (Å²) in [5.74, 6) is 1.54. The highest BCUT2D eigenvalue weighted by atomic mass is 32.1. The molecule has 1 aliphatic heterocycles. The Morgan fingerprint density at radius 2 is 2.11 bits per heavy atom. The maximum absolute atomic E-state index is 4.83. The molecule has 2 N–H and O–H groups in total. The highest BCUT2D eigenvalue weighted by molar-refractivity contribution is 7.11. The molecule has 0 radical (unpaired) electrons. The summed E-state index contributed by atoms with van der Waals surface area (Å²) in [7, 11) is 0. The standard InChI is InChI=1S/C21H31N5S/c1-3-19-15-24-20(27-19)10-12-23-21(22-4-2)25-14-17-11-13-26(16-17)18-8-6-5-7-9-18/h5-9,15,17H,3-4,10-14,16H2,1-2H3,(H2,22,23,25). The van der Waals surface area contributed by atoms with Crippen LogP contribution >= 0.6 is 11.3 Å². The van der Waals surface area contributed by atoms with Gasteiger partial charge in [-0.25, -0.2) is 4.98 Å². The van der Waals surface area contributed by atoms with Gasteiger partial charge in [0.2, 0.25) is 0 Å². The van der Waals surface area contributed by atoms with E-state index in [0.29, 0.717) is 5.92 Å². The molecule has 1 fully saturated rings. The number of thiazole rings is 1. The molecule has 5 nitrogen and oxygen atoms in total. The van der Waals surface area contributed by atoms with Crippen LogP contribution in [-0.2, 0) is 12.8 Å². The second-order valence-corrected chi connectivity index (χ2v) is 8.11. The van der Waals surface area contributed by atoms with Crippen molar-refractivity contribution in [3.8, 4) is 0 Å². The average Bonchev–Trinajstić information content (AvgIpc) is 3.36. The summed E-state index contributed by atoms with van der Waals surface area (Å²) in [6.07, 6.45) is 5.21. The number of hydrogen-bond donors (Lipinski definition) is 2. The number of para-hydroxylation sites is 1. The lowest BCUT2D eigenvalue weighted by Crippen LogP contribution is -2.38. The van der Waals surface area contributed by atoms with E-state index in [2.05, 4.69) is 64.7 Å². The number of benzene rings is 1. The van der Waals surface area contributed by atoms with Crippen LogP contribution in [0.5, 0.6) is 0 Å². The third-order valence-corrected chi connectivity index (χ3v) is 6.04. The van der Waals surface area contributed by atoms with Crippen LogP contribution < -0.4 is 15.5 Å². The van der Waals surface area contributed by atoms with Crippen molar-refractivity contribution >= 4 is 23.0 Å². The smallest absolute Gasteiger partial charge is 0.191 e. The fourth-order valence-corrected chi connectivity index (χ4v) is 4.19. The average molecular weight is 386 g/mol. The number of aliphatic imine (C=N–C) groups is 1. The Morgan fingerprint density at radius 1 is 1.26 bits per heavy atom. The van der Waals surface area contributed by atoms with Gasteiger partial charge in [0, 0.05) is 55.9 Å². The van der Waals surface area contributed by atoms with E-state index >= 15 is 0 Å². The van der Waals surface area contributed by atoms with Crippen LogP contribution in [-0.4, -0.2) is 43.7 Å². The normalized spacial score (nSPS) is 17.3. The zero-order valence-electron chi connectivity index (χ0n) is 16.4. The monoisotopic (exact) mass is 385 g/mol. The van der Waals surface area contributed by atoms with Gasteiger partial charge in [-0.05, 0) is 37.8 Å². The SMILES string of the molecule is CCNC(=NCC1CCN(c2ccccc2)C1)NCCc1ncc(CC)s1. The molecule has 1 saturated heterocycles. The molecule has 2 heterocycles. The van der Waals surface area contributed by atoms with E-state index in [1.54, 1.807) is 0 Å². The molecular formula is C21H31N5S. The highest BCUT2D eigenvalue weighted by Gasteiger charge is 2.22. The number of hydrogen-bond acceptors (Lipinski definition) is 4. The van der Waals surface area contributed by atoms with Gasteiger partial charge in [0.05, 0.1) is 5.01 Å². The molecule has 0 saturated carbocycles. The molecule has 2 aromatic rings. The predicted octanol–water partition coefficient (Wildman–Crippen LogP) is 3.33. The number of guanidine groups is 1. The molecule has 0 spiro atoms. The van der Waals surface area contributed by atoms with Gasteiger partial charge >= 0.3 is 0 Å². The summed E-state index contributed by atoms with van der Waals surface area (Å²) in [5, 5.41) is 8.01. The third-order valence-electron chi connectivity index (χ3n) is 4.84. The molecule has 3 rings (SSSR count). The second kappa shape index (κ2) is 10.3. The number of rotatable bonds is 8. The fourth-order valence-electron chi connectivity index (χ4n) is 3.33. The number of nitrogens with one attached hydrogen (secondary N) is 2. The molecule has 1 unspecified atom stereocenters. The van der Waals surface area contributed by atoms with Crippen molar-refractivity contribution in [3.05, 3.63) is 46.4 Å². The molecule has 0 aliphatic carbocycles. The van der Waals surface area contributed by atoms with Gasteiger partial charge in [-0.2, -0.15) is 0 Å². The van der Waals surface area contributed by atoms with Crippen molar-refractivity contribution in [2.45, 2.75) is 33.1 Å². The van der Waals surface area contributed by atoms with Gasteiger partial charge in [0.25, 0.3) is 0 Å². The van der Waals surface area contributed by atoms with Crippen LogP contribution in [0.4, 0.5) is 5.69 Å². The first kappa shape index (κ1) is 19.7. The van der Waals surface area contributed by atoms with Crippen LogP contribution in [0.25, 0.3) is 0 Å². The van der Waals surface area contributed by atoms with E-state index in [9.17, 15) is 0 Å². The Labute approximate surface area is 166 Å². The Balaban J connectivity index is 1.45. The van der Waals surface area contributed by atoms with Gasteiger partial charge in [-0.1, -0.05) is 25.1 Å². The Morgan fingerprint density at radius 3 is 2.85 bits per heavy atom. The molecule has 1 aromatic heterocycles. The van der Waals surface area contributed by atoms with E-state index in [0.717, 1.165) is 51.5 Å². The number of nitrogens with zero attached hydrogens (tertiary/aromatic N) is 3. The summed E-state index contributed by atoms with van der Waals surface area (Å²) in [6, 6.07) is 10.7. The van der Waals surface area contributed by atoms with Crippen molar-refractivity contribution in [2.75, 3.05) is 37.6 Å². The first-order valence-corrected chi connectivity index (χ1v) is 10.9. The quantitative estimate of drug-likeness (QED) is 0.541. The van der Waals surface area contributed by atoms with Crippen molar-refractivity contribution in [1.82, 2.24) is 15.6 Å². The summed E-state index contributed by atoms with van der Waals surface area (Å²) >= 11 is 1.81. The van der Waals surface area contributed by atoms with E-state index in [-0.39, 0.29) is 0 Å². The third kappa shape index (κ3) is 5.96. The van der Waals surface area contributed by atoms with Gasteiger partial charge in [-0.3, -0.25) is 4.99 Å².